The molecular formula is C16H24N2O6S. The predicted octanol–water partition coefficient (Wildman–Crippen LogP) is 1.29. The maximum absolute atomic E-state index is 12.4. The SMILES string of the molecule is COC[C@@H](C)NS(=O)(=O)c1ccc(NC[C@@H]2CCCO2)c(C(=O)O)c1. The van der Waals surface area contributed by atoms with Gasteiger partial charge in [0.2, 0.25) is 10.0 Å². The first-order valence-electron chi connectivity index (χ1n) is 8.07. The van der Waals surface area contributed by atoms with E-state index in [1.165, 1.54) is 19.2 Å². The fourth-order valence-electron chi connectivity index (χ4n) is 2.67. The molecule has 2 atom stereocenters. The molecule has 0 saturated carbocycles. The Morgan fingerprint density at radius 3 is 2.84 bits per heavy atom. The standard InChI is InChI=1S/C16H24N2O6S/c1-11(10-23-2)18-25(21,22)13-5-6-15(14(8-13)16(19)20)17-9-12-4-3-7-24-12/h5-6,8,11-12,17-18H,3-4,7,9-10H2,1-2H3,(H,19,20)/t11-,12+/m1/s1. The number of hydrogen-bond donors (Lipinski definition) is 3. The van der Waals surface area contributed by atoms with Crippen molar-refractivity contribution in [2.24, 2.45) is 0 Å². The van der Waals surface area contributed by atoms with Gasteiger partial charge in [-0.3, -0.25) is 0 Å². The number of anilines is 1. The molecule has 0 amide bonds. The van der Waals surface area contributed by atoms with E-state index in [1.54, 1.807) is 6.92 Å². The number of aromatic carboxylic acids is 1. The normalized spacial score (nSPS) is 18.9. The number of hydrogen-bond acceptors (Lipinski definition) is 6. The summed E-state index contributed by atoms with van der Waals surface area (Å²) >= 11 is 0. The monoisotopic (exact) mass is 372 g/mol. The van der Waals surface area contributed by atoms with Crippen molar-refractivity contribution in [1.82, 2.24) is 4.72 Å². The zero-order chi connectivity index (χ0) is 18.4. The molecule has 0 aliphatic carbocycles. The number of carbonyl (C=O) groups is 1. The molecule has 1 aliphatic rings. The van der Waals surface area contributed by atoms with Crippen LogP contribution in [0.1, 0.15) is 30.1 Å². The number of carboxylic acids is 1. The van der Waals surface area contributed by atoms with Crippen LogP contribution in [0.25, 0.3) is 0 Å². The van der Waals surface area contributed by atoms with E-state index in [9.17, 15) is 18.3 Å². The topological polar surface area (TPSA) is 114 Å². The van der Waals surface area contributed by atoms with E-state index in [0.29, 0.717) is 18.8 Å². The highest BCUT2D eigenvalue weighted by atomic mass is 32.2. The van der Waals surface area contributed by atoms with Crippen LogP contribution in [0.2, 0.25) is 0 Å². The lowest BCUT2D eigenvalue weighted by Gasteiger charge is -2.16. The van der Waals surface area contributed by atoms with E-state index in [-0.39, 0.29) is 23.2 Å². The third kappa shape index (κ3) is 5.40. The summed E-state index contributed by atoms with van der Waals surface area (Å²) in [7, 11) is -2.36. The lowest BCUT2D eigenvalue weighted by Crippen LogP contribution is -2.35. The first kappa shape index (κ1) is 19.6. The fourth-order valence-corrected chi connectivity index (χ4v) is 3.92. The van der Waals surface area contributed by atoms with Crippen LogP contribution in [0.4, 0.5) is 5.69 Å². The molecule has 0 aromatic heterocycles. The fraction of sp³-hybridized carbons (Fsp3) is 0.562. The van der Waals surface area contributed by atoms with Crippen LogP contribution in [0.15, 0.2) is 23.1 Å². The van der Waals surface area contributed by atoms with Gasteiger partial charge in [-0.15, -0.1) is 0 Å². The molecule has 2 rings (SSSR count). The third-order valence-electron chi connectivity index (χ3n) is 3.85. The van der Waals surface area contributed by atoms with Crippen LogP contribution < -0.4 is 10.0 Å². The molecule has 3 N–H and O–H groups in total. The Labute approximate surface area is 147 Å². The Morgan fingerprint density at radius 1 is 1.48 bits per heavy atom. The molecule has 8 nitrogen and oxygen atoms in total. The van der Waals surface area contributed by atoms with Crippen LogP contribution >= 0.6 is 0 Å². The van der Waals surface area contributed by atoms with Crippen molar-refractivity contribution in [2.45, 2.75) is 36.8 Å². The van der Waals surface area contributed by atoms with Crippen LogP contribution in [-0.4, -0.2) is 58.5 Å². The molecule has 1 aromatic rings. The van der Waals surface area contributed by atoms with E-state index in [4.69, 9.17) is 9.47 Å². The van der Waals surface area contributed by atoms with Crippen molar-refractivity contribution in [3.05, 3.63) is 23.8 Å². The molecule has 0 spiro atoms. The molecule has 1 heterocycles. The first-order chi connectivity index (χ1) is 11.8. The lowest BCUT2D eigenvalue weighted by atomic mass is 10.1. The van der Waals surface area contributed by atoms with Crippen molar-refractivity contribution in [3.8, 4) is 0 Å². The zero-order valence-corrected chi connectivity index (χ0v) is 15.1. The second-order valence-corrected chi connectivity index (χ2v) is 7.72. The number of methoxy groups -OCH3 is 1. The van der Waals surface area contributed by atoms with E-state index in [2.05, 4.69) is 10.0 Å². The molecule has 0 unspecified atom stereocenters. The highest BCUT2D eigenvalue weighted by Crippen LogP contribution is 2.22. The quantitative estimate of drug-likeness (QED) is 0.598. The van der Waals surface area contributed by atoms with Crippen molar-refractivity contribution >= 4 is 21.7 Å². The molecule has 140 valence electrons. The Hall–Kier alpha value is -1.68. The van der Waals surface area contributed by atoms with Gasteiger partial charge in [-0.2, -0.15) is 0 Å². The number of benzene rings is 1. The van der Waals surface area contributed by atoms with E-state index in [0.717, 1.165) is 18.9 Å². The van der Waals surface area contributed by atoms with Crippen LogP contribution in [-0.2, 0) is 19.5 Å². The zero-order valence-electron chi connectivity index (χ0n) is 14.3. The van der Waals surface area contributed by atoms with E-state index < -0.39 is 22.0 Å². The van der Waals surface area contributed by atoms with Crippen LogP contribution in [0.5, 0.6) is 0 Å². The van der Waals surface area contributed by atoms with Crippen molar-refractivity contribution < 1.29 is 27.8 Å². The number of carboxylic acid groups (broad SMARTS) is 1. The average Bonchev–Trinajstić information content (AvgIpc) is 3.05. The summed E-state index contributed by atoms with van der Waals surface area (Å²) in [6.45, 7) is 3.07. The molecule has 0 radical (unpaired) electrons. The highest BCUT2D eigenvalue weighted by Gasteiger charge is 2.22. The molecule has 0 bridgehead atoms. The molecule has 1 aromatic carbocycles. The van der Waals surface area contributed by atoms with Crippen LogP contribution in [0.3, 0.4) is 0 Å². The number of sulfonamides is 1. The van der Waals surface area contributed by atoms with Gasteiger partial charge < -0.3 is 19.9 Å². The minimum atomic E-state index is -3.83. The van der Waals surface area contributed by atoms with Crippen molar-refractivity contribution in [1.29, 1.82) is 0 Å². The van der Waals surface area contributed by atoms with E-state index >= 15 is 0 Å². The van der Waals surface area contributed by atoms with E-state index in [1.807, 2.05) is 0 Å². The summed E-state index contributed by atoms with van der Waals surface area (Å²) < 4.78 is 37.6. The minimum absolute atomic E-state index is 0.0432. The summed E-state index contributed by atoms with van der Waals surface area (Å²) in [6.07, 6.45) is 1.95. The lowest BCUT2D eigenvalue weighted by molar-refractivity contribution is 0.0697. The maximum atomic E-state index is 12.4. The van der Waals surface area contributed by atoms with Crippen molar-refractivity contribution in [3.63, 3.8) is 0 Å². The molecule has 1 fully saturated rings. The second-order valence-electron chi connectivity index (χ2n) is 6.01. The predicted molar refractivity (Wildman–Crippen MR) is 92.5 cm³/mol. The number of ether oxygens (including phenoxy) is 2. The van der Waals surface area contributed by atoms with Gasteiger partial charge in [-0.05, 0) is 38.0 Å². The van der Waals surface area contributed by atoms with Gasteiger partial charge in [0.1, 0.15) is 0 Å². The summed E-state index contributed by atoms with van der Waals surface area (Å²) in [6, 6.07) is 3.57. The van der Waals surface area contributed by atoms with Gasteiger partial charge in [0.15, 0.2) is 0 Å². The molecule has 9 heteroatoms. The Balaban J connectivity index is 2.17. The summed E-state index contributed by atoms with van der Waals surface area (Å²) in [5.41, 5.74) is 0.271. The third-order valence-corrected chi connectivity index (χ3v) is 5.44. The molecular weight excluding hydrogens is 348 g/mol. The number of rotatable bonds is 9. The van der Waals surface area contributed by atoms with Gasteiger partial charge in [-0.1, -0.05) is 0 Å². The highest BCUT2D eigenvalue weighted by molar-refractivity contribution is 7.89. The molecule has 25 heavy (non-hydrogen) atoms. The second kappa shape index (κ2) is 8.61. The summed E-state index contributed by atoms with van der Waals surface area (Å²) in [5.74, 6) is -1.20. The van der Waals surface area contributed by atoms with Gasteiger partial charge >= 0.3 is 5.97 Å². The molecule has 1 aliphatic heterocycles. The van der Waals surface area contributed by atoms with Gasteiger partial charge in [0, 0.05) is 32.0 Å². The Kier molecular flexibility index (Phi) is 6.77. The Morgan fingerprint density at radius 2 is 2.24 bits per heavy atom. The summed E-state index contributed by atoms with van der Waals surface area (Å²) in [4.78, 5) is 11.4. The van der Waals surface area contributed by atoms with Gasteiger partial charge in [-0.25, -0.2) is 17.9 Å². The minimum Gasteiger partial charge on any atom is -0.478 e. The van der Waals surface area contributed by atoms with Crippen LogP contribution in [0, 0.1) is 0 Å². The molecule has 1 saturated heterocycles. The largest absolute Gasteiger partial charge is 0.478 e. The van der Waals surface area contributed by atoms with Gasteiger partial charge in [0.05, 0.1) is 23.2 Å². The Bertz CT molecular complexity index is 701. The maximum Gasteiger partial charge on any atom is 0.337 e. The smallest absolute Gasteiger partial charge is 0.337 e. The average molecular weight is 372 g/mol. The van der Waals surface area contributed by atoms with Crippen molar-refractivity contribution in [2.75, 3.05) is 32.2 Å². The summed E-state index contributed by atoms with van der Waals surface area (Å²) in [5, 5.41) is 12.4. The first-order valence-corrected chi connectivity index (χ1v) is 9.56. The number of nitrogens with one attached hydrogen (secondary N) is 2. The van der Waals surface area contributed by atoms with Gasteiger partial charge in [0.25, 0.3) is 0 Å².